The number of carbonyl (C=O) groups is 1. The molecule has 2 aromatic rings. The number of carbonyl (C=O) groups excluding carboxylic acids is 1. The SMILES string of the molecule is CCOC(=O)C1CCc2sc(Nc3cccc(Br)c3)nc21. The van der Waals surface area contributed by atoms with E-state index >= 15 is 0 Å². The molecule has 3 rings (SSSR count). The van der Waals surface area contributed by atoms with Crippen molar-refractivity contribution in [2.24, 2.45) is 0 Å². The molecule has 0 spiro atoms. The van der Waals surface area contributed by atoms with Crippen LogP contribution < -0.4 is 5.32 Å². The highest BCUT2D eigenvalue weighted by atomic mass is 79.9. The first-order valence-corrected chi connectivity index (χ1v) is 8.47. The van der Waals surface area contributed by atoms with Crippen LogP contribution in [0.25, 0.3) is 0 Å². The third-order valence-corrected chi connectivity index (χ3v) is 4.90. The number of ether oxygens (including phenoxy) is 1. The number of aryl methyl sites for hydroxylation is 1. The summed E-state index contributed by atoms with van der Waals surface area (Å²) in [4.78, 5) is 17.7. The molecule has 1 aliphatic carbocycles. The third kappa shape index (κ3) is 3.11. The van der Waals surface area contributed by atoms with Crippen molar-refractivity contribution < 1.29 is 9.53 Å². The van der Waals surface area contributed by atoms with Crippen LogP contribution in [0.4, 0.5) is 10.8 Å². The van der Waals surface area contributed by atoms with Crippen molar-refractivity contribution in [2.45, 2.75) is 25.7 Å². The molecule has 1 atom stereocenters. The summed E-state index contributed by atoms with van der Waals surface area (Å²) in [5.74, 6) is -0.357. The van der Waals surface area contributed by atoms with Gasteiger partial charge in [0.2, 0.25) is 0 Å². The molecule has 6 heteroatoms. The highest BCUT2D eigenvalue weighted by Gasteiger charge is 2.33. The number of thiazole rings is 1. The minimum atomic E-state index is -0.200. The van der Waals surface area contributed by atoms with Crippen LogP contribution in [0.1, 0.15) is 29.8 Å². The number of nitrogens with one attached hydrogen (secondary N) is 1. The van der Waals surface area contributed by atoms with E-state index in [1.54, 1.807) is 11.3 Å². The molecule has 0 radical (unpaired) electrons. The summed E-state index contributed by atoms with van der Waals surface area (Å²) in [5.41, 5.74) is 1.86. The van der Waals surface area contributed by atoms with Crippen LogP contribution in [0, 0.1) is 0 Å². The molecule has 1 heterocycles. The molecule has 0 saturated carbocycles. The Hall–Kier alpha value is -1.40. The van der Waals surface area contributed by atoms with E-state index in [2.05, 4.69) is 26.2 Å². The van der Waals surface area contributed by atoms with Crippen LogP contribution in [0.15, 0.2) is 28.7 Å². The normalized spacial score (nSPS) is 16.6. The van der Waals surface area contributed by atoms with Crippen molar-refractivity contribution in [3.8, 4) is 0 Å². The van der Waals surface area contributed by atoms with Crippen LogP contribution in [-0.4, -0.2) is 17.6 Å². The Morgan fingerprint density at radius 1 is 1.57 bits per heavy atom. The zero-order chi connectivity index (χ0) is 14.8. The van der Waals surface area contributed by atoms with Gasteiger partial charge in [-0.25, -0.2) is 4.98 Å². The maximum Gasteiger partial charge on any atom is 0.315 e. The zero-order valence-corrected chi connectivity index (χ0v) is 14.0. The highest BCUT2D eigenvalue weighted by molar-refractivity contribution is 9.10. The summed E-state index contributed by atoms with van der Waals surface area (Å²) < 4.78 is 6.14. The molecule has 1 aromatic heterocycles. The number of hydrogen-bond acceptors (Lipinski definition) is 5. The lowest BCUT2D eigenvalue weighted by Gasteiger charge is -2.08. The van der Waals surface area contributed by atoms with Crippen LogP contribution in [-0.2, 0) is 16.0 Å². The molecule has 0 saturated heterocycles. The van der Waals surface area contributed by atoms with Crippen molar-refractivity contribution in [3.63, 3.8) is 0 Å². The van der Waals surface area contributed by atoms with Gasteiger partial charge in [0.1, 0.15) is 5.92 Å². The fraction of sp³-hybridized carbons (Fsp3) is 0.333. The molecule has 110 valence electrons. The van der Waals surface area contributed by atoms with Crippen LogP contribution in [0.2, 0.25) is 0 Å². The monoisotopic (exact) mass is 366 g/mol. The lowest BCUT2D eigenvalue weighted by molar-refractivity contribution is -0.145. The topological polar surface area (TPSA) is 51.2 Å². The summed E-state index contributed by atoms with van der Waals surface area (Å²) in [7, 11) is 0. The zero-order valence-electron chi connectivity index (χ0n) is 11.6. The van der Waals surface area contributed by atoms with Gasteiger partial charge in [-0.1, -0.05) is 22.0 Å². The quantitative estimate of drug-likeness (QED) is 0.822. The summed E-state index contributed by atoms with van der Waals surface area (Å²) >= 11 is 5.06. The fourth-order valence-electron chi connectivity index (χ4n) is 2.44. The minimum Gasteiger partial charge on any atom is -0.465 e. The van der Waals surface area contributed by atoms with E-state index in [0.717, 1.165) is 33.8 Å². The summed E-state index contributed by atoms with van der Waals surface area (Å²) in [6, 6.07) is 7.92. The minimum absolute atomic E-state index is 0.157. The molecular weight excluding hydrogens is 352 g/mol. The first-order valence-electron chi connectivity index (χ1n) is 6.86. The number of rotatable bonds is 4. The van der Waals surface area contributed by atoms with Gasteiger partial charge in [0.15, 0.2) is 5.13 Å². The number of benzene rings is 1. The molecule has 0 bridgehead atoms. The molecule has 4 nitrogen and oxygen atoms in total. The second-order valence-corrected chi connectivity index (χ2v) is 6.81. The van der Waals surface area contributed by atoms with Gasteiger partial charge < -0.3 is 10.1 Å². The fourth-order valence-corrected chi connectivity index (χ4v) is 3.90. The highest BCUT2D eigenvalue weighted by Crippen LogP contribution is 2.39. The Morgan fingerprint density at radius 2 is 2.43 bits per heavy atom. The molecule has 21 heavy (non-hydrogen) atoms. The summed E-state index contributed by atoms with van der Waals surface area (Å²) in [6.07, 6.45) is 1.71. The second-order valence-electron chi connectivity index (χ2n) is 4.81. The van der Waals surface area contributed by atoms with Crippen molar-refractivity contribution >= 4 is 44.1 Å². The average molecular weight is 367 g/mol. The molecule has 0 aliphatic heterocycles. The van der Waals surface area contributed by atoms with Gasteiger partial charge in [0.25, 0.3) is 0 Å². The smallest absolute Gasteiger partial charge is 0.315 e. The number of halogens is 1. The van der Waals surface area contributed by atoms with E-state index in [4.69, 9.17) is 4.74 Å². The molecular formula is C15H15BrN2O2S. The lowest BCUT2D eigenvalue weighted by Crippen LogP contribution is -2.14. The van der Waals surface area contributed by atoms with Gasteiger partial charge in [0, 0.05) is 15.0 Å². The first kappa shape index (κ1) is 14.5. The van der Waals surface area contributed by atoms with Crippen LogP contribution in [0.5, 0.6) is 0 Å². The van der Waals surface area contributed by atoms with E-state index in [1.165, 1.54) is 4.88 Å². The van der Waals surface area contributed by atoms with E-state index < -0.39 is 0 Å². The number of anilines is 2. The Kier molecular flexibility index (Phi) is 4.26. The van der Waals surface area contributed by atoms with Crippen LogP contribution in [0.3, 0.4) is 0 Å². The van der Waals surface area contributed by atoms with Crippen LogP contribution >= 0.6 is 27.3 Å². The van der Waals surface area contributed by atoms with Crippen molar-refractivity contribution in [1.82, 2.24) is 4.98 Å². The Labute approximate surface area is 135 Å². The third-order valence-electron chi connectivity index (χ3n) is 3.36. The van der Waals surface area contributed by atoms with E-state index in [1.807, 2.05) is 31.2 Å². The molecule has 0 amide bonds. The van der Waals surface area contributed by atoms with E-state index in [-0.39, 0.29) is 11.9 Å². The predicted molar refractivity (Wildman–Crippen MR) is 87.2 cm³/mol. The Bertz CT molecular complexity index is 671. The number of nitrogens with zero attached hydrogens (tertiary/aromatic N) is 1. The second kappa shape index (κ2) is 6.15. The Balaban J connectivity index is 1.79. The number of esters is 1. The largest absolute Gasteiger partial charge is 0.465 e. The van der Waals surface area contributed by atoms with E-state index in [0.29, 0.717) is 6.61 Å². The van der Waals surface area contributed by atoms with Gasteiger partial charge in [-0.15, -0.1) is 11.3 Å². The number of aromatic nitrogens is 1. The Morgan fingerprint density at radius 3 is 3.19 bits per heavy atom. The molecule has 0 fully saturated rings. The van der Waals surface area contributed by atoms with E-state index in [9.17, 15) is 4.79 Å². The maximum absolute atomic E-state index is 11.9. The molecule has 1 aliphatic rings. The maximum atomic E-state index is 11.9. The average Bonchev–Trinajstić information content (AvgIpc) is 2.98. The number of hydrogen-bond donors (Lipinski definition) is 1. The van der Waals surface area contributed by atoms with Gasteiger partial charge in [-0.05, 0) is 38.0 Å². The van der Waals surface area contributed by atoms with Crippen molar-refractivity contribution in [1.29, 1.82) is 0 Å². The molecule has 1 aromatic carbocycles. The first-order chi connectivity index (χ1) is 10.2. The lowest BCUT2D eigenvalue weighted by atomic mass is 10.1. The molecule has 1 unspecified atom stereocenters. The van der Waals surface area contributed by atoms with Gasteiger partial charge in [-0.3, -0.25) is 4.79 Å². The van der Waals surface area contributed by atoms with Gasteiger partial charge in [-0.2, -0.15) is 0 Å². The van der Waals surface area contributed by atoms with Gasteiger partial charge in [0.05, 0.1) is 12.3 Å². The van der Waals surface area contributed by atoms with Crippen molar-refractivity contribution in [2.75, 3.05) is 11.9 Å². The van der Waals surface area contributed by atoms with Gasteiger partial charge >= 0.3 is 5.97 Å². The number of fused-ring (bicyclic) bond motifs is 1. The summed E-state index contributed by atoms with van der Waals surface area (Å²) in [6.45, 7) is 2.24. The predicted octanol–water partition coefficient (Wildman–Crippen LogP) is 4.24. The van der Waals surface area contributed by atoms with Crippen molar-refractivity contribution in [3.05, 3.63) is 39.3 Å². The standard InChI is InChI=1S/C15H15BrN2O2S/c1-2-20-14(19)11-6-7-12-13(11)18-15(21-12)17-10-5-3-4-9(16)8-10/h3-5,8,11H,2,6-7H2,1H3,(H,17,18). The molecule has 1 N–H and O–H groups in total. The summed E-state index contributed by atoms with van der Waals surface area (Å²) in [5, 5.41) is 4.12.